The molecule has 0 aliphatic heterocycles. The number of anilines is 1. The van der Waals surface area contributed by atoms with E-state index in [-0.39, 0.29) is 5.91 Å². The maximum atomic E-state index is 13.0. The van der Waals surface area contributed by atoms with Crippen LogP contribution in [0.3, 0.4) is 0 Å². The molecule has 1 aromatic heterocycles. The van der Waals surface area contributed by atoms with Gasteiger partial charge in [-0.1, -0.05) is 42.0 Å². The number of furan rings is 1. The predicted octanol–water partition coefficient (Wildman–Crippen LogP) is 4.70. The summed E-state index contributed by atoms with van der Waals surface area (Å²) in [4.78, 5) is 13.0. The standard InChI is InChI=1S/C26H23N3O4S/c1-16-8-10-18(11-9-16)25-24(26(30)28-2)21-13-20(19-7-5-6-17(12-19)15-27)22(14-23(21)33-25)29(3)34(4,31)32/h5-14H,1-4H3,(H,28,30). The average Bonchev–Trinajstić information content (AvgIpc) is 3.20. The first kappa shape index (κ1) is 23.1. The second-order valence-corrected chi connectivity index (χ2v) is 10.1. The van der Waals surface area contributed by atoms with Crippen LogP contribution in [0.4, 0.5) is 5.69 Å². The molecule has 8 heteroatoms. The molecule has 0 aliphatic rings. The van der Waals surface area contributed by atoms with Gasteiger partial charge in [-0.05, 0) is 30.7 Å². The molecule has 4 aromatic rings. The van der Waals surface area contributed by atoms with Gasteiger partial charge in [-0.3, -0.25) is 9.10 Å². The summed E-state index contributed by atoms with van der Waals surface area (Å²) < 4.78 is 32.2. The lowest BCUT2D eigenvalue weighted by atomic mass is 9.97. The lowest BCUT2D eigenvalue weighted by molar-refractivity contribution is 0.0964. The number of nitriles is 1. The summed E-state index contributed by atoms with van der Waals surface area (Å²) in [6.45, 7) is 1.97. The first-order chi connectivity index (χ1) is 16.1. The van der Waals surface area contributed by atoms with Crippen LogP contribution in [0.15, 0.2) is 65.1 Å². The number of carbonyl (C=O) groups is 1. The lowest BCUT2D eigenvalue weighted by Crippen LogP contribution is -2.25. The van der Waals surface area contributed by atoms with Crippen LogP contribution in [0.25, 0.3) is 33.4 Å². The zero-order valence-electron chi connectivity index (χ0n) is 19.2. The van der Waals surface area contributed by atoms with E-state index in [4.69, 9.17) is 4.42 Å². The van der Waals surface area contributed by atoms with E-state index in [0.717, 1.165) is 21.7 Å². The van der Waals surface area contributed by atoms with Crippen LogP contribution in [-0.4, -0.2) is 34.7 Å². The van der Waals surface area contributed by atoms with Crippen molar-refractivity contribution in [2.24, 2.45) is 0 Å². The molecular weight excluding hydrogens is 450 g/mol. The van der Waals surface area contributed by atoms with Crippen LogP contribution >= 0.6 is 0 Å². The highest BCUT2D eigenvalue weighted by molar-refractivity contribution is 7.92. The molecule has 0 saturated heterocycles. The minimum atomic E-state index is -3.60. The third-order valence-electron chi connectivity index (χ3n) is 5.71. The molecule has 1 heterocycles. The fraction of sp³-hybridized carbons (Fsp3) is 0.154. The third-order valence-corrected chi connectivity index (χ3v) is 6.91. The van der Waals surface area contributed by atoms with Crippen LogP contribution < -0.4 is 9.62 Å². The van der Waals surface area contributed by atoms with Gasteiger partial charge in [0.15, 0.2) is 0 Å². The molecule has 0 radical (unpaired) electrons. The Morgan fingerprint density at radius 2 is 1.76 bits per heavy atom. The quantitative estimate of drug-likeness (QED) is 0.452. The summed E-state index contributed by atoms with van der Waals surface area (Å²) in [5.74, 6) is 0.0699. The molecule has 0 fully saturated rings. The fourth-order valence-electron chi connectivity index (χ4n) is 3.82. The topological polar surface area (TPSA) is 103 Å². The Morgan fingerprint density at radius 3 is 2.38 bits per heavy atom. The number of nitrogens with zero attached hydrogens (tertiary/aromatic N) is 2. The van der Waals surface area contributed by atoms with E-state index in [1.807, 2.05) is 31.2 Å². The smallest absolute Gasteiger partial charge is 0.255 e. The molecule has 7 nitrogen and oxygen atoms in total. The van der Waals surface area contributed by atoms with Gasteiger partial charge in [0.2, 0.25) is 10.0 Å². The van der Waals surface area contributed by atoms with Crippen molar-refractivity contribution >= 4 is 32.6 Å². The summed E-state index contributed by atoms with van der Waals surface area (Å²) in [6.07, 6.45) is 1.11. The van der Waals surface area contributed by atoms with E-state index in [2.05, 4.69) is 11.4 Å². The van der Waals surface area contributed by atoms with Crippen molar-refractivity contribution in [2.45, 2.75) is 6.92 Å². The largest absolute Gasteiger partial charge is 0.455 e. The van der Waals surface area contributed by atoms with Gasteiger partial charge < -0.3 is 9.73 Å². The number of rotatable bonds is 5. The number of carbonyl (C=O) groups excluding carboxylic acids is 1. The summed E-state index contributed by atoms with van der Waals surface area (Å²) >= 11 is 0. The molecule has 0 bridgehead atoms. The summed E-state index contributed by atoms with van der Waals surface area (Å²) in [6, 6.07) is 20.0. The number of amides is 1. The minimum absolute atomic E-state index is 0.324. The van der Waals surface area contributed by atoms with E-state index in [0.29, 0.717) is 44.7 Å². The minimum Gasteiger partial charge on any atom is -0.455 e. The number of benzene rings is 3. The number of fused-ring (bicyclic) bond motifs is 1. The fourth-order valence-corrected chi connectivity index (χ4v) is 4.33. The Labute approximate surface area is 198 Å². The molecule has 34 heavy (non-hydrogen) atoms. The molecule has 172 valence electrons. The second-order valence-electron chi connectivity index (χ2n) is 8.04. The molecule has 4 rings (SSSR count). The van der Waals surface area contributed by atoms with Gasteiger partial charge in [0.1, 0.15) is 11.3 Å². The zero-order chi connectivity index (χ0) is 24.6. The van der Waals surface area contributed by atoms with E-state index in [1.165, 1.54) is 7.05 Å². The normalized spacial score (nSPS) is 11.3. The maximum Gasteiger partial charge on any atom is 0.255 e. The molecule has 1 N–H and O–H groups in total. The highest BCUT2D eigenvalue weighted by atomic mass is 32.2. The van der Waals surface area contributed by atoms with Crippen molar-refractivity contribution in [2.75, 3.05) is 24.7 Å². The number of aryl methyl sites for hydroxylation is 1. The first-order valence-electron chi connectivity index (χ1n) is 10.5. The van der Waals surface area contributed by atoms with E-state index in [9.17, 15) is 18.5 Å². The Balaban J connectivity index is 2.09. The first-order valence-corrected chi connectivity index (χ1v) is 12.3. The highest BCUT2D eigenvalue weighted by Gasteiger charge is 2.25. The predicted molar refractivity (Wildman–Crippen MR) is 133 cm³/mol. The molecule has 3 aromatic carbocycles. The molecule has 1 amide bonds. The van der Waals surface area contributed by atoms with E-state index in [1.54, 1.807) is 43.4 Å². The van der Waals surface area contributed by atoms with Crippen LogP contribution in [0.5, 0.6) is 0 Å². The summed E-state index contributed by atoms with van der Waals surface area (Å²) in [5.41, 5.74) is 4.53. The molecule has 0 unspecified atom stereocenters. The SMILES string of the molecule is CNC(=O)c1c(-c2ccc(C)cc2)oc2cc(N(C)S(C)(=O)=O)c(-c3cccc(C#N)c3)cc12. The van der Waals surface area contributed by atoms with Crippen LogP contribution in [-0.2, 0) is 10.0 Å². The van der Waals surface area contributed by atoms with Gasteiger partial charge in [0.05, 0.1) is 29.1 Å². The number of sulfonamides is 1. The van der Waals surface area contributed by atoms with Crippen molar-refractivity contribution < 1.29 is 17.6 Å². The Kier molecular flexibility index (Phi) is 5.90. The Bertz CT molecular complexity index is 1560. The van der Waals surface area contributed by atoms with Gasteiger partial charge in [-0.25, -0.2) is 8.42 Å². The summed E-state index contributed by atoms with van der Waals surface area (Å²) in [5, 5.41) is 12.6. The third kappa shape index (κ3) is 4.14. The molecule has 0 spiro atoms. The number of hydrogen-bond acceptors (Lipinski definition) is 5. The van der Waals surface area contributed by atoms with Gasteiger partial charge in [0.25, 0.3) is 5.91 Å². The van der Waals surface area contributed by atoms with Crippen molar-refractivity contribution in [3.05, 3.63) is 77.4 Å². The molecule has 0 aliphatic carbocycles. The van der Waals surface area contributed by atoms with Crippen LogP contribution in [0.1, 0.15) is 21.5 Å². The summed E-state index contributed by atoms with van der Waals surface area (Å²) in [7, 11) is -0.604. The van der Waals surface area contributed by atoms with Gasteiger partial charge in [0, 0.05) is 36.7 Å². The number of hydrogen-bond donors (Lipinski definition) is 1. The van der Waals surface area contributed by atoms with Crippen molar-refractivity contribution in [3.63, 3.8) is 0 Å². The van der Waals surface area contributed by atoms with Crippen molar-refractivity contribution in [1.82, 2.24) is 5.32 Å². The van der Waals surface area contributed by atoms with Gasteiger partial charge in [-0.2, -0.15) is 5.26 Å². The molecule has 0 atom stereocenters. The maximum absolute atomic E-state index is 13.0. The highest BCUT2D eigenvalue weighted by Crippen LogP contribution is 2.41. The Hall–Kier alpha value is -4.09. The van der Waals surface area contributed by atoms with Crippen molar-refractivity contribution in [3.8, 4) is 28.5 Å². The van der Waals surface area contributed by atoms with E-state index >= 15 is 0 Å². The average molecular weight is 474 g/mol. The van der Waals surface area contributed by atoms with Gasteiger partial charge in [-0.15, -0.1) is 0 Å². The second kappa shape index (κ2) is 8.69. The lowest BCUT2D eigenvalue weighted by Gasteiger charge is -2.20. The van der Waals surface area contributed by atoms with Crippen LogP contribution in [0.2, 0.25) is 0 Å². The van der Waals surface area contributed by atoms with Crippen LogP contribution in [0, 0.1) is 18.3 Å². The Morgan fingerprint density at radius 1 is 1.06 bits per heavy atom. The van der Waals surface area contributed by atoms with Gasteiger partial charge >= 0.3 is 0 Å². The monoisotopic (exact) mass is 473 g/mol. The molecule has 0 saturated carbocycles. The number of nitrogens with one attached hydrogen (secondary N) is 1. The van der Waals surface area contributed by atoms with Crippen molar-refractivity contribution in [1.29, 1.82) is 5.26 Å². The zero-order valence-corrected chi connectivity index (χ0v) is 20.0. The molecular formula is C26H23N3O4S. The van der Waals surface area contributed by atoms with E-state index < -0.39 is 10.0 Å².